The fraction of sp³-hybridized carbons (Fsp3) is 0.231. The zero-order valence-corrected chi connectivity index (χ0v) is 22.1. The fourth-order valence-corrected chi connectivity index (χ4v) is 5.35. The lowest BCUT2D eigenvalue weighted by Gasteiger charge is -2.26. The molecule has 0 radical (unpaired) electrons. The van der Waals surface area contributed by atoms with Crippen LogP contribution in [0, 0.1) is 17.1 Å². The molecule has 2 N–H and O–H groups in total. The number of anilines is 3. The van der Waals surface area contributed by atoms with E-state index in [1.807, 2.05) is 4.90 Å². The van der Waals surface area contributed by atoms with Gasteiger partial charge in [0.25, 0.3) is 0 Å². The SMILES string of the molecule is N#Cc1cnc2ccc(-c3cncc(NS(=O)(=O)CCN4CCOCC4)c3)nc2c1Nc1ccc(F)c(Cl)c1. The summed E-state index contributed by atoms with van der Waals surface area (Å²) in [6, 6.07) is 11.3. The van der Waals surface area contributed by atoms with Crippen LogP contribution < -0.4 is 10.0 Å². The van der Waals surface area contributed by atoms with Gasteiger partial charge in [0.05, 0.1) is 58.3 Å². The van der Waals surface area contributed by atoms with Crippen molar-refractivity contribution in [3.8, 4) is 17.3 Å². The monoisotopic (exact) mass is 567 g/mol. The van der Waals surface area contributed by atoms with E-state index in [4.69, 9.17) is 21.3 Å². The van der Waals surface area contributed by atoms with Crippen molar-refractivity contribution in [1.29, 1.82) is 5.26 Å². The molecule has 0 aliphatic carbocycles. The van der Waals surface area contributed by atoms with Gasteiger partial charge in [0.15, 0.2) is 0 Å². The molecule has 1 saturated heterocycles. The van der Waals surface area contributed by atoms with Gasteiger partial charge in [-0.1, -0.05) is 11.6 Å². The summed E-state index contributed by atoms with van der Waals surface area (Å²) in [5, 5.41) is 12.7. The van der Waals surface area contributed by atoms with Gasteiger partial charge in [-0.3, -0.25) is 19.6 Å². The van der Waals surface area contributed by atoms with E-state index in [0.29, 0.717) is 72.2 Å². The number of hydrogen-bond donors (Lipinski definition) is 2. The van der Waals surface area contributed by atoms with Gasteiger partial charge in [-0.15, -0.1) is 0 Å². The smallest absolute Gasteiger partial charge is 0.234 e. The number of nitrogens with zero attached hydrogens (tertiary/aromatic N) is 5. The summed E-state index contributed by atoms with van der Waals surface area (Å²) in [6.07, 6.45) is 4.41. The van der Waals surface area contributed by atoms with Crippen LogP contribution in [0.3, 0.4) is 0 Å². The zero-order chi connectivity index (χ0) is 27.4. The third-order valence-corrected chi connectivity index (χ3v) is 7.67. The molecule has 39 heavy (non-hydrogen) atoms. The lowest BCUT2D eigenvalue weighted by Crippen LogP contribution is -2.39. The second-order valence-electron chi connectivity index (χ2n) is 8.81. The molecule has 0 spiro atoms. The first kappa shape index (κ1) is 26.7. The number of hydrogen-bond acceptors (Lipinski definition) is 9. The number of halogens is 2. The van der Waals surface area contributed by atoms with Crippen molar-refractivity contribution in [2.24, 2.45) is 0 Å². The highest BCUT2D eigenvalue weighted by atomic mass is 35.5. The molecule has 1 aromatic carbocycles. The summed E-state index contributed by atoms with van der Waals surface area (Å²) >= 11 is 5.93. The summed E-state index contributed by atoms with van der Waals surface area (Å²) in [6.45, 7) is 3.00. The number of aromatic nitrogens is 3. The number of nitrogens with one attached hydrogen (secondary N) is 2. The predicted molar refractivity (Wildman–Crippen MR) is 147 cm³/mol. The van der Waals surface area contributed by atoms with E-state index in [0.717, 1.165) is 0 Å². The zero-order valence-electron chi connectivity index (χ0n) is 20.6. The van der Waals surface area contributed by atoms with Crippen molar-refractivity contribution in [1.82, 2.24) is 19.9 Å². The molecular weight excluding hydrogens is 545 g/mol. The maximum Gasteiger partial charge on any atom is 0.234 e. The highest BCUT2D eigenvalue weighted by Crippen LogP contribution is 2.31. The summed E-state index contributed by atoms with van der Waals surface area (Å²) < 4.78 is 47.0. The molecule has 0 amide bonds. The Morgan fingerprint density at radius 3 is 2.69 bits per heavy atom. The Bertz CT molecular complexity index is 1670. The molecule has 0 saturated carbocycles. The minimum absolute atomic E-state index is 0.0590. The van der Waals surface area contributed by atoms with Crippen molar-refractivity contribution in [2.75, 3.05) is 48.6 Å². The highest BCUT2D eigenvalue weighted by molar-refractivity contribution is 7.92. The number of benzene rings is 1. The van der Waals surface area contributed by atoms with Crippen molar-refractivity contribution in [3.05, 3.63) is 71.4 Å². The van der Waals surface area contributed by atoms with Crippen LogP contribution >= 0.6 is 11.6 Å². The first-order chi connectivity index (χ1) is 18.8. The summed E-state index contributed by atoms with van der Waals surface area (Å²) in [5.41, 5.74) is 3.33. The predicted octanol–water partition coefficient (Wildman–Crippen LogP) is 4.17. The van der Waals surface area contributed by atoms with Gasteiger partial charge < -0.3 is 10.1 Å². The fourth-order valence-electron chi connectivity index (χ4n) is 4.10. The van der Waals surface area contributed by atoms with Gasteiger partial charge in [-0.05, 0) is 36.4 Å². The summed E-state index contributed by atoms with van der Waals surface area (Å²) in [4.78, 5) is 15.3. The van der Waals surface area contributed by atoms with Gasteiger partial charge in [-0.2, -0.15) is 5.26 Å². The van der Waals surface area contributed by atoms with Crippen LogP contribution in [0.4, 0.5) is 21.5 Å². The normalized spacial score (nSPS) is 14.2. The number of ether oxygens (including phenoxy) is 1. The number of sulfonamides is 1. The Kier molecular flexibility index (Phi) is 7.85. The number of fused-ring (bicyclic) bond motifs is 1. The lowest BCUT2D eigenvalue weighted by atomic mass is 10.1. The van der Waals surface area contributed by atoms with E-state index >= 15 is 0 Å². The number of nitriles is 1. The Labute approximate surface area is 229 Å². The third-order valence-electron chi connectivity index (χ3n) is 6.11. The average molecular weight is 568 g/mol. The van der Waals surface area contributed by atoms with Crippen LogP contribution in [-0.2, 0) is 14.8 Å². The van der Waals surface area contributed by atoms with E-state index in [1.165, 1.54) is 30.6 Å². The van der Waals surface area contributed by atoms with Crippen LogP contribution in [0.1, 0.15) is 5.56 Å². The Morgan fingerprint density at radius 1 is 1.10 bits per heavy atom. The molecule has 0 bridgehead atoms. The maximum absolute atomic E-state index is 13.7. The minimum Gasteiger partial charge on any atom is -0.379 e. The lowest BCUT2D eigenvalue weighted by molar-refractivity contribution is 0.0408. The molecular formula is C26H23ClFN7O3S. The molecule has 5 rings (SSSR count). The standard InChI is InChI=1S/C26H23ClFN7O3S/c27-21-12-19(1-2-22(21)28)32-25-18(13-29)15-31-24-4-3-23(33-26(24)25)17-11-20(16-30-14-17)34-39(36,37)10-7-35-5-8-38-9-6-35/h1-4,11-12,14-16,34H,5-10H2,(H,31,32). The molecule has 0 atom stereocenters. The molecule has 13 heteroatoms. The van der Waals surface area contributed by atoms with Gasteiger partial charge in [0, 0.05) is 43.3 Å². The van der Waals surface area contributed by atoms with Crippen molar-refractivity contribution in [2.45, 2.75) is 0 Å². The Morgan fingerprint density at radius 2 is 1.92 bits per heavy atom. The maximum atomic E-state index is 13.7. The van der Waals surface area contributed by atoms with Crippen LogP contribution in [0.25, 0.3) is 22.3 Å². The second kappa shape index (κ2) is 11.5. The van der Waals surface area contributed by atoms with E-state index in [9.17, 15) is 18.1 Å². The molecule has 3 aromatic heterocycles. The largest absolute Gasteiger partial charge is 0.379 e. The molecule has 4 heterocycles. The number of morpholine rings is 1. The third kappa shape index (κ3) is 6.40. The Hall–Kier alpha value is -3.89. The van der Waals surface area contributed by atoms with Gasteiger partial charge >= 0.3 is 0 Å². The van der Waals surface area contributed by atoms with Crippen molar-refractivity contribution < 1.29 is 17.5 Å². The van der Waals surface area contributed by atoms with Crippen molar-refractivity contribution >= 4 is 49.7 Å². The summed E-state index contributed by atoms with van der Waals surface area (Å²) in [7, 11) is -3.61. The highest BCUT2D eigenvalue weighted by Gasteiger charge is 2.17. The topological polar surface area (TPSA) is 133 Å². The van der Waals surface area contributed by atoms with Crippen molar-refractivity contribution in [3.63, 3.8) is 0 Å². The quantitative estimate of drug-likeness (QED) is 0.322. The number of rotatable bonds is 8. The molecule has 200 valence electrons. The first-order valence-electron chi connectivity index (χ1n) is 12.0. The molecule has 1 aliphatic heterocycles. The molecule has 1 aliphatic rings. The van der Waals surface area contributed by atoms with Crippen LogP contribution in [0.15, 0.2) is 55.0 Å². The van der Waals surface area contributed by atoms with E-state index in [-0.39, 0.29) is 16.3 Å². The van der Waals surface area contributed by atoms with Gasteiger partial charge in [0.2, 0.25) is 10.0 Å². The second-order valence-corrected chi connectivity index (χ2v) is 11.1. The molecule has 10 nitrogen and oxygen atoms in total. The van der Waals surface area contributed by atoms with E-state index in [1.54, 1.807) is 24.4 Å². The molecule has 1 fully saturated rings. The van der Waals surface area contributed by atoms with Crippen LogP contribution in [0.5, 0.6) is 0 Å². The number of pyridine rings is 3. The van der Waals surface area contributed by atoms with E-state index < -0.39 is 15.8 Å². The molecule has 0 unspecified atom stereocenters. The minimum atomic E-state index is -3.61. The first-order valence-corrected chi connectivity index (χ1v) is 14.0. The summed E-state index contributed by atoms with van der Waals surface area (Å²) in [5.74, 6) is -0.622. The van der Waals surface area contributed by atoms with Crippen LogP contribution in [0.2, 0.25) is 5.02 Å². The van der Waals surface area contributed by atoms with E-state index in [2.05, 4.69) is 26.1 Å². The average Bonchev–Trinajstić information content (AvgIpc) is 2.94. The Balaban J connectivity index is 1.42. The van der Waals surface area contributed by atoms with Crippen LogP contribution in [-0.4, -0.2) is 66.9 Å². The van der Waals surface area contributed by atoms with Gasteiger partial charge in [-0.25, -0.2) is 17.8 Å². The molecule has 4 aromatic rings. The van der Waals surface area contributed by atoms with Gasteiger partial charge in [0.1, 0.15) is 17.4 Å².